The average Bonchev–Trinajstić information content (AvgIpc) is 2.75. The van der Waals surface area contributed by atoms with Crippen LogP contribution in [0, 0.1) is 13.8 Å². The quantitative estimate of drug-likeness (QED) is 0.921. The zero-order valence-corrected chi connectivity index (χ0v) is 12.1. The topological polar surface area (TPSA) is 38.1 Å². The van der Waals surface area contributed by atoms with Gasteiger partial charge in [0, 0.05) is 18.2 Å². The first kappa shape index (κ1) is 15.6. The Morgan fingerprint density at radius 1 is 1.24 bits per heavy atom. The van der Waals surface area contributed by atoms with Gasteiger partial charge in [0.2, 0.25) is 0 Å². The third-order valence-corrected chi connectivity index (χ3v) is 3.44. The van der Waals surface area contributed by atoms with E-state index >= 15 is 0 Å². The van der Waals surface area contributed by atoms with E-state index in [-0.39, 0.29) is 18.2 Å². The van der Waals surface area contributed by atoms with Crippen molar-refractivity contribution < 1.29 is 17.7 Å². The predicted molar refractivity (Wildman–Crippen MR) is 72.7 cm³/mol. The lowest BCUT2D eigenvalue weighted by Crippen LogP contribution is -2.21. The summed E-state index contributed by atoms with van der Waals surface area (Å²) in [5.41, 5.74) is 1.25. The molecule has 1 aromatic carbocycles. The molecule has 0 bridgehead atoms. The van der Waals surface area contributed by atoms with E-state index in [4.69, 9.17) is 4.52 Å². The van der Waals surface area contributed by atoms with Crippen molar-refractivity contribution in [3.63, 3.8) is 0 Å². The molecule has 2 rings (SSSR count). The molecule has 2 aromatic rings. The molecule has 1 aromatic heterocycles. The number of hydrogen-bond acceptors (Lipinski definition) is 3. The molecule has 114 valence electrons. The van der Waals surface area contributed by atoms with Gasteiger partial charge in [-0.05, 0) is 32.4 Å². The van der Waals surface area contributed by atoms with Gasteiger partial charge in [-0.15, -0.1) is 0 Å². The summed E-state index contributed by atoms with van der Waals surface area (Å²) in [6.45, 7) is 5.61. The maximum absolute atomic E-state index is 12.9. The summed E-state index contributed by atoms with van der Waals surface area (Å²) in [5.74, 6) is 0.677. The van der Waals surface area contributed by atoms with Crippen LogP contribution in [0.25, 0.3) is 0 Å². The number of benzene rings is 1. The SMILES string of the molecule is Cc1noc(C)c1C(C)NCc1ccccc1C(F)(F)F. The van der Waals surface area contributed by atoms with Gasteiger partial charge >= 0.3 is 6.18 Å². The molecule has 0 aliphatic carbocycles. The summed E-state index contributed by atoms with van der Waals surface area (Å²) in [5, 5.41) is 6.95. The second kappa shape index (κ2) is 5.89. The first-order valence-electron chi connectivity index (χ1n) is 6.62. The summed E-state index contributed by atoms with van der Waals surface area (Å²) in [6.07, 6.45) is -4.34. The fourth-order valence-electron chi connectivity index (χ4n) is 2.42. The van der Waals surface area contributed by atoms with Gasteiger partial charge in [0.05, 0.1) is 11.3 Å². The molecule has 1 atom stereocenters. The lowest BCUT2D eigenvalue weighted by Gasteiger charge is -2.17. The fourth-order valence-corrected chi connectivity index (χ4v) is 2.42. The lowest BCUT2D eigenvalue weighted by atomic mass is 10.0. The van der Waals surface area contributed by atoms with Crippen LogP contribution in [-0.2, 0) is 12.7 Å². The highest BCUT2D eigenvalue weighted by Crippen LogP contribution is 2.32. The Bertz CT molecular complexity index is 600. The van der Waals surface area contributed by atoms with Crippen LogP contribution in [0.5, 0.6) is 0 Å². The standard InChI is InChI=1S/C15H17F3N2O/c1-9(14-10(2)20-21-11(14)3)19-8-12-6-4-5-7-13(12)15(16,17)18/h4-7,9,19H,8H2,1-3H3. The highest BCUT2D eigenvalue weighted by Gasteiger charge is 2.32. The van der Waals surface area contributed by atoms with E-state index in [1.54, 1.807) is 13.0 Å². The van der Waals surface area contributed by atoms with E-state index in [1.807, 2.05) is 13.8 Å². The third-order valence-electron chi connectivity index (χ3n) is 3.44. The monoisotopic (exact) mass is 298 g/mol. The summed E-state index contributed by atoms with van der Waals surface area (Å²) in [7, 11) is 0. The number of hydrogen-bond donors (Lipinski definition) is 1. The smallest absolute Gasteiger partial charge is 0.361 e. The van der Waals surface area contributed by atoms with Crippen LogP contribution in [0.4, 0.5) is 13.2 Å². The highest BCUT2D eigenvalue weighted by atomic mass is 19.4. The van der Waals surface area contributed by atoms with Crippen molar-refractivity contribution in [1.29, 1.82) is 0 Å². The molecule has 0 spiro atoms. The van der Waals surface area contributed by atoms with Crippen molar-refractivity contribution >= 4 is 0 Å². The van der Waals surface area contributed by atoms with Crippen LogP contribution >= 0.6 is 0 Å². The molecule has 0 aliphatic rings. The van der Waals surface area contributed by atoms with E-state index in [9.17, 15) is 13.2 Å². The number of rotatable bonds is 4. The predicted octanol–water partition coefficient (Wildman–Crippen LogP) is 4.16. The summed E-state index contributed by atoms with van der Waals surface area (Å²) >= 11 is 0. The van der Waals surface area contributed by atoms with Crippen molar-refractivity contribution in [2.24, 2.45) is 0 Å². The van der Waals surface area contributed by atoms with Gasteiger partial charge in [0.15, 0.2) is 0 Å². The van der Waals surface area contributed by atoms with Crippen molar-refractivity contribution in [1.82, 2.24) is 10.5 Å². The fraction of sp³-hybridized carbons (Fsp3) is 0.400. The average molecular weight is 298 g/mol. The molecule has 0 fully saturated rings. The number of aryl methyl sites for hydroxylation is 2. The van der Waals surface area contributed by atoms with E-state index in [0.717, 1.165) is 17.3 Å². The molecule has 0 saturated carbocycles. The van der Waals surface area contributed by atoms with Crippen LogP contribution in [0.3, 0.4) is 0 Å². The molecule has 0 radical (unpaired) electrons. The molecular formula is C15H17F3N2O. The Hall–Kier alpha value is -1.82. The van der Waals surface area contributed by atoms with Gasteiger partial charge in [-0.3, -0.25) is 0 Å². The molecule has 1 N–H and O–H groups in total. The summed E-state index contributed by atoms with van der Waals surface area (Å²) in [4.78, 5) is 0. The molecule has 0 aliphatic heterocycles. The van der Waals surface area contributed by atoms with Crippen molar-refractivity contribution in [2.45, 2.75) is 39.5 Å². The minimum atomic E-state index is -4.34. The summed E-state index contributed by atoms with van der Waals surface area (Å²) in [6, 6.07) is 5.43. The molecule has 0 saturated heterocycles. The maximum Gasteiger partial charge on any atom is 0.416 e. The molecule has 21 heavy (non-hydrogen) atoms. The van der Waals surface area contributed by atoms with Crippen LogP contribution < -0.4 is 5.32 Å². The molecule has 0 amide bonds. The first-order chi connectivity index (χ1) is 9.80. The Balaban J connectivity index is 2.14. The zero-order chi connectivity index (χ0) is 15.6. The first-order valence-corrected chi connectivity index (χ1v) is 6.62. The number of aromatic nitrogens is 1. The van der Waals surface area contributed by atoms with Gasteiger partial charge in [0.25, 0.3) is 0 Å². The minimum absolute atomic E-state index is 0.126. The lowest BCUT2D eigenvalue weighted by molar-refractivity contribution is -0.138. The Labute approximate surface area is 121 Å². The van der Waals surface area contributed by atoms with E-state index < -0.39 is 11.7 Å². The Morgan fingerprint density at radius 3 is 2.48 bits per heavy atom. The van der Waals surface area contributed by atoms with Gasteiger partial charge in [-0.2, -0.15) is 13.2 Å². The Morgan fingerprint density at radius 2 is 1.90 bits per heavy atom. The number of nitrogens with one attached hydrogen (secondary N) is 1. The normalized spacial score (nSPS) is 13.4. The maximum atomic E-state index is 12.9. The van der Waals surface area contributed by atoms with Gasteiger partial charge in [-0.25, -0.2) is 0 Å². The number of halogens is 3. The highest BCUT2D eigenvalue weighted by molar-refractivity contribution is 5.30. The van der Waals surface area contributed by atoms with Gasteiger partial charge in [-0.1, -0.05) is 23.4 Å². The van der Waals surface area contributed by atoms with Crippen molar-refractivity contribution in [3.05, 3.63) is 52.4 Å². The van der Waals surface area contributed by atoms with Gasteiger partial charge in [0.1, 0.15) is 5.76 Å². The molecule has 6 heteroatoms. The van der Waals surface area contributed by atoms with E-state index in [2.05, 4.69) is 10.5 Å². The van der Waals surface area contributed by atoms with Crippen LogP contribution in [0.15, 0.2) is 28.8 Å². The number of nitrogens with zero attached hydrogens (tertiary/aromatic N) is 1. The second-order valence-electron chi connectivity index (χ2n) is 5.00. The molecule has 1 heterocycles. The van der Waals surface area contributed by atoms with Crippen molar-refractivity contribution in [2.75, 3.05) is 0 Å². The van der Waals surface area contributed by atoms with Gasteiger partial charge < -0.3 is 9.84 Å². The molecular weight excluding hydrogens is 281 g/mol. The number of alkyl halides is 3. The molecule has 3 nitrogen and oxygen atoms in total. The minimum Gasteiger partial charge on any atom is -0.361 e. The Kier molecular flexibility index (Phi) is 4.37. The zero-order valence-electron chi connectivity index (χ0n) is 12.1. The van der Waals surface area contributed by atoms with E-state index in [0.29, 0.717) is 5.76 Å². The molecule has 1 unspecified atom stereocenters. The largest absolute Gasteiger partial charge is 0.416 e. The third kappa shape index (κ3) is 3.44. The second-order valence-corrected chi connectivity index (χ2v) is 5.00. The van der Waals surface area contributed by atoms with Crippen LogP contribution in [0.2, 0.25) is 0 Å². The van der Waals surface area contributed by atoms with Crippen molar-refractivity contribution in [3.8, 4) is 0 Å². The van der Waals surface area contributed by atoms with Crippen LogP contribution in [0.1, 0.15) is 41.1 Å². The van der Waals surface area contributed by atoms with Crippen LogP contribution in [-0.4, -0.2) is 5.16 Å². The summed E-state index contributed by atoms with van der Waals surface area (Å²) < 4.78 is 43.8. The van der Waals surface area contributed by atoms with E-state index in [1.165, 1.54) is 12.1 Å².